The quantitative estimate of drug-likeness (QED) is 0.714. The standard InChI is InChI=1S/C20H24BrFN2O2S/c1-15-4-7-18(8-5-15)27(25,26)23-12-17-3-2-10-24(14-17)13-16-6-9-20(22)19(21)11-16/h4-9,11,17,23H,2-3,10,12-14H2,1H3. The average molecular weight is 455 g/mol. The number of hydrogen-bond donors (Lipinski definition) is 1. The molecule has 2 aromatic rings. The predicted octanol–water partition coefficient (Wildman–Crippen LogP) is 4.09. The van der Waals surface area contributed by atoms with Crippen LogP contribution in [0.3, 0.4) is 0 Å². The van der Waals surface area contributed by atoms with Gasteiger partial charge in [0.2, 0.25) is 10.0 Å². The number of aryl methyl sites for hydroxylation is 1. The number of piperidine rings is 1. The highest BCUT2D eigenvalue weighted by Crippen LogP contribution is 2.22. The van der Waals surface area contributed by atoms with Gasteiger partial charge in [-0.2, -0.15) is 0 Å². The fraction of sp³-hybridized carbons (Fsp3) is 0.400. The number of sulfonamides is 1. The molecular weight excluding hydrogens is 431 g/mol. The van der Waals surface area contributed by atoms with Gasteiger partial charge in [-0.05, 0) is 78.0 Å². The van der Waals surface area contributed by atoms with Crippen LogP contribution in [-0.2, 0) is 16.6 Å². The van der Waals surface area contributed by atoms with Gasteiger partial charge in [0.05, 0.1) is 9.37 Å². The summed E-state index contributed by atoms with van der Waals surface area (Å²) in [6.07, 6.45) is 2.03. The van der Waals surface area contributed by atoms with Crippen molar-refractivity contribution in [3.05, 3.63) is 63.9 Å². The van der Waals surface area contributed by atoms with Gasteiger partial charge in [-0.15, -0.1) is 0 Å². The zero-order chi connectivity index (χ0) is 19.4. The number of benzene rings is 2. The van der Waals surface area contributed by atoms with Crippen molar-refractivity contribution in [2.45, 2.75) is 31.2 Å². The van der Waals surface area contributed by atoms with Gasteiger partial charge in [0.1, 0.15) is 5.82 Å². The summed E-state index contributed by atoms with van der Waals surface area (Å²) in [5.74, 6) is 0.00338. The summed E-state index contributed by atoms with van der Waals surface area (Å²) in [6, 6.07) is 11.9. The number of nitrogens with zero attached hydrogens (tertiary/aromatic N) is 1. The van der Waals surface area contributed by atoms with Crippen LogP contribution in [0, 0.1) is 18.7 Å². The van der Waals surface area contributed by atoms with Crippen molar-refractivity contribution in [2.24, 2.45) is 5.92 Å². The summed E-state index contributed by atoms with van der Waals surface area (Å²) in [4.78, 5) is 2.60. The van der Waals surface area contributed by atoms with E-state index in [1.165, 1.54) is 6.07 Å². The normalized spacial score (nSPS) is 18.6. The molecule has 1 saturated heterocycles. The Balaban J connectivity index is 1.56. The molecule has 0 saturated carbocycles. The zero-order valence-electron chi connectivity index (χ0n) is 15.3. The Morgan fingerprint density at radius 1 is 1.22 bits per heavy atom. The predicted molar refractivity (Wildman–Crippen MR) is 108 cm³/mol. The maximum Gasteiger partial charge on any atom is 0.240 e. The molecule has 1 aliphatic heterocycles. The van der Waals surface area contributed by atoms with E-state index in [1.54, 1.807) is 36.4 Å². The molecule has 1 fully saturated rings. The Bertz CT molecular complexity index is 887. The number of halogens is 2. The van der Waals surface area contributed by atoms with Gasteiger partial charge in [0.15, 0.2) is 0 Å². The molecule has 1 atom stereocenters. The summed E-state index contributed by atoms with van der Waals surface area (Å²) in [5.41, 5.74) is 2.08. The second-order valence-corrected chi connectivity index (χ2v) is 9.78. The first-order chi connectivity index (χ1) is 12.8. The highest BCUT2D eigenvalue weighted by Gasteiger charge is 2.22. The van der Waals surface area contributed by atoms with E-state index in [9.17, 15) is 12.8 Å². The second-order valence-electron chi connectivity index (χ2n) is 7.16. The summed E-state index contributed by atoms with van der Waals surface area (Å²) < 4.78 is 41.5. The molecule has 146 valence electrons. The van der Waals surface area contributed by atoms with Gasteiger partial charge >= 0.3 is 0 Å². The largest absolute Gasteiger partial charge is 0.299 e. The number of likely N-dealkylation sites (tertiary alicyclic amines) is 1. The van der Waals surface area contributed by atoms with Gasteiger partial charge in [-0.1, -0.05) is 23.8 Å². The smallest absolute Gasteiger partial charge is 0.240 e. The lowest BCUT2D eigenvalue weighted by Gasteiger charge is -2.32. The lowest BCUT2D eigenvalue weighted by molar-refractivity contribution is 0.169. The Kier molecular flexibility index (Phi) is 6.68. The minimum Gasteiger partial charge on any atom is -0.299 e. The molecule has 0 aliphatic carbocycles. The number of hydrogen-bond acceptors (Lipinski definition) is 3. The van der Waals surface area contributed by atoms with Crippen LogP contribution in [0.5, 0.6) is 0 Å². The summed E-state index contributed by atoms with van der Waals surface area (Å²) >= 11 is 3.23. The molecule has 0 bridgehead atoms. The van der Waals surface area contributed by atoms with E-state index >= 15 is 0 Å². The van der Waals surface area contributed by atoms with Crippen LogP contribution in [0.4, 0.5) is 4.39 Å². The van der Waals surface area contributed by atoms with Crippen molar-refractivity contribution in [3.8, 4) is 0 Å². The molecule has 27 heavy (non-hydrogen) atoms. The van der Waals surface area contributed by atoms with Gasteiger partial charge in [0.25, 0.3) is 0 Å². The molecule has 3 rings (SSSR count). The van der Waals surface area contributed by atoms with Crippen LogP contribution in [-0.4, -0.2) is 33.0 Å². The molecule has 0 spiro atoms. The van der Waals surface area contributed by atoms with Crippen molar-refractivity contribution in [1.29, 1.82) is 0 Å². The first-order valence-electron chi connectivity index (χ1n) is 9.06. The Morgan fingerprint density at radius 2 is 1.96 bits per heavy atom. The zero-order valence-corrected chi connectivity index (χ0v) is 17.7. The van der Waals surface area contributed by atoms with Crippen molar-refractivity contribution >= 4 is 26.0 Å². The van der Waals surface area contributed by atoms with Gasteiger partial charge in [0, 0.05) is 19.6 Å². The second kappa shape index (κ2) is 8.82. The first kappa shape index (κ1) is 20.5. The van der Waals surface area contributed by atoms with Gasteiger partial charge in [-0.3, -0.25) is 4.90 Å². The topological polar surface area (TPSA) is 49.4 Å². The Morgan fingerprint density at radius 3 is 2.67 bits per heavy atom. The van der Waals surface area contributed by atoms with Crippen molar-refractivity contribution in [1.82, 2.24) is 9.62 Å². The monoisotopic (exact) mass is 454 g/mol. The molecule has 0 radical (unpaired) electrons. The van der Waals surface area contributed by atoms with Crippen LogP contribution in [0.2, 0.25) is 0 Å². The summed E-state index contributed by atoms with van der Waals surface area (Å²) in [6.45, 7) is 4.89. The van der Waals surface area contributed by atoms with E-state index in [2.05, 4.69) is 25.6 Å². The molecule has 0 aromatic heterocycles. The maximum absolute atomic E-state index is 13.4. The van der Waals surface area contributed by atoms with E-state index in [-0.39, 0.29) is 11.7 Å². The third-order valence-electron chi connectivity index (χ3n) is 4.89. The summed E-state index contributed by atoms with van der Waals surface area (Å²) in [5, 5.41) is 0. The third-order valence-corrected chi connectivity index (χ3v) is 6.93. The van der Waals surface area contributed by atoms with E-state index in [0.29, 0.717) is 15.9 Å². The SMILES string of the molecule is Cc1ccc(S(=O)(=O)NCC2CCCN(Cc3ccc(F)c(Br)c3)C2)cc1. The van der Waals surface area contributed by atoms with Gasteiger partial charge in [-0.25, -0.2) is 17.5 Å². The van der Waals surface area contributed by atoms with E-state index < -0.39 is 10.0 Å². The molecule has 2 aromatic carbocycles. The number of rotatable bonds is 6. The van der Waals surface area contributed by atoms with E-state index in [0.717, 1.165) is 43.6 Å². The first-order valence-corrected chi connectivity index (χ1v) is 11.3. The highest BCUT2D eigenvalue weighted by atomic mass is 79.9. The third kappa shape index (κ3) is 5.60. The Labute approximate surface area is 169 Å². The summed E-state index contributed by atoms with van der Waals surface area (Å²) in [7, 11) is -3.48. The van der Waals surface area contributed by atoms with Crippen molar-refractivity contribution in [3.63, 3.8) is 0 Å². The molecule has 1 aliphatic rings. The fourth-order valence-electron chi connectivity index (χ4n) is 3.39. The Hall–Kier alpha value is -1.28. The van der Waals surface area contributed by atoms with E-state index in [1.807, 2.05) is 6.92 Å². The molecular formula is C20H24BrFN2O2S. The van der Waals surface area contributed by atoms with Crippen LogP contribution in [0.25, 0.3) is 0 Å². The van der Waals surface area contributed by atoms with Crippen LogP contribution in [0.15, 0.2) is 51.8 Å². The minimum absolute atomic E-state index is 0.263. The van der Waals surface area contributed by atoms with E-state index in [4.69, 9.17) is 0 Å². The van der Waals surface area contributed by atoms with Crippen molar-refractivity contribution < 1.29 is 12.8 Å². The van der Waals surface area contributed by atoms with Crippen LogP contribution < -0.4 is 4.72 Å². The van der Waals surface area contributed by atoms with Crippen LogP contribution >= 0.6 is 15.9 Å². The minimum atomic E-state index is -3.48. The molecule has 0 amide bonds. The molecule has 1 heterocycles. The molecule has 4 nitrogen and oxygen atoms in total. The fourth-order valence-corrected chi connectivity index (χ4v) is 4.93. The maximum atomic E-state index is 13.4. The van der Waals surface area contributed by atoms with Gasteiger partial charge < -0.3 is 0 Å². The number of nitrogens with one attached hydrogen (secondary N) is 1. The lowest BCUT2D eigenvalue weighted by Crippen LogP contribution is -2.40. The molecule has 1 unspecified atom stereocenters. The van der Waals surface area contributed by atoms with Crippen LogP contribution in [0.1, 0.15) is 24.0 Å². The molecule has 1 N–H and O–H groups in total. The average Bonchev–Trinajstić information content (AvgIpc) is 2.64. The molecule has 7 heteroatoms. The highest BCUT2D eigenvalue weighted by molar-refractivity contribution is 9.10. The van der Waals surface area contributed by atoms with Crippen molar-refractivity contribution in [2.75, 3.05) is 19.6 Å². The lowest BCUT2D eigenvalue weighted by atomic mass is 9.98.